The first-order valence-corrected chi connectivity index (χ1v) is 7.49. The van der Waals surface area contributed by atoms with Crippen LogP contribution in [0.15, 0.2) is 35.7 Å². The standard InChI is InChI=1S/C16H18OS/c1-2-11-7-8-18-16(11)15(17)10-13-9-12-5-3-4-6-14(12)13/h3-8,13,15,17H,2,9-10H2,1H3. The molecule has 0 saturated heterocycles. The van der Waals surface area contributed by atoms with Gasteiger partial charge in [-0.15, -0.1) is 11.3 Å². The van der Waals surface area contributed by atoms with Crippen LogP contribution in [-0.4, -0.2) is 5.11 Å². The van der Waals surface area contributed by atoms with Gasteiger partial charge in [-0.2, -0.15) is 0 Å². The van der Waals surface area contributed by atoms with E-state index in [-0.39, 0.29) is 6.10 Å². The molecule has 94 valence electrons. The molecule has 1 aromatic carbocycles. The van der Waals surface area contributed by atoms with Crippen molar-refractivity contribution in [2.24, 2.45) is 0 Å². The van der Waals surface area contributed by atoms with E-state index in [0.717, 1.165) is 19.3 Å². The van der Waals surface area contributed by atoms with E-state index in [1.54, 1.807) is 11.3 Å². The van der Waals surface area contributed by atoms with Gasteiger partial charge in [0.1, 0.15) is 0 Å². The third-order valence-electron chi connectivity index (χ3n) is 3.93. The molecule has 0 bridgehead atoms. The van der Waals surface area contributed by atoms with Crippen molar-refractivity contribution in [1.82, 2.24) is 0 Å². The summed E-state index contributed by atoms with van der Waals surface area (Å²) in [5.74, 6) is 0.544. The first-order valence-electron chi connectivity index (χ1n) is 6.61. The predicted octanol–water partition coefficient (Wildman–Crippen LogP) is 4.07. The molecule has 1 heterocycles. The SMILES string of the molecule is CCc1ccsc1C(O)CC1Cc2ccccc21. The largest absolute Gasteiger partial charge is 0.388 e. The number of aliphatic hydroxyl groups is 1. The minimum atomic E-state index is -0.293. The van der Waals surface area contributed by atoms with E-state index in [9.17, 15) is 5.11 Å². The van der Waals surface area contributed by atoms with E-state index in [0.29, 0.717) is 5.92 Å². The summed E-state index contributed by atoms with van der Waals surface area (Å²) in [5.41, 5.74) is 4.20. The molecule has 2 heteroatoms. The van der Waals surface area contributed by atoms with Crippen molar-refractivity contribution in [1.29, 1.82) is 0 Å². The van der Waals surface area contributed by atoms with Gasteiger partial charge in [-0.05, 0) is 53.3 Å². The molecule has 0 amide bonds. The fourth-order valence-corrected chi connectivity index (χ4v) is 3.88. The number of aliphatic hydroxyl groups excluding tert-OH is 1. The molecule has 0 saturated carbocycles. The Morgan fingerprint density at radius 2 is 2.17 bits per heavy atom. The number of rotatable bonds is 4. The highest BCUT2D eigenvalue weighted by atomic mass is 32.1. The average molecular weight is 258 g/mol. The topological polar surface area (TPSA) is 20.2 Å². The molecular formula is C16H18OS. The maximum atomic E-state index is 10.4. The zero-order valence-electron chi connectivity index (χ0n) is 10.6. The van der Waals surface area contributed by atoms with Gasteiger partial charge in [-0.25, -0.2) is 0 Å². The highest BCUT2D eigenvalue weighted by Crippen LogP contribution is 2.41. The van der Waals surface area contributed by atoms with Crippen LogP contribution in [0.5, 0.6) is 0 Å². The van der Waals surface area contributed by atoms with Gasteiger partial charge in [0.05, 0.1) is 6.10 Å². The lowest BCUT2D eigenvalue weighted by atomic mass is 9.74. The van der Waals surface area contributed by atoms with Gasteiger partial charge in [0, 0.05) is 4.88 Å². The van der Waals surface area contributed by atoms with Crippen molar-refractivity contribution in [3.63, 3.8) is 0 Å². The van der Waals surface area contributed by atoms with Crippen LogP contribution in [0.2, 0.25) is 0 Å². The third kappa shape index (κ3) is 2.00. The maximum absolute atomic E-state index is 10.4. The number of benzene rings is 1. The van der Waals surface area contributed by atoms with Gasteiger partial charge < -0.3 is 5.11 Å². The average Bonchev–Trinajstić information content (AvgIpc) is 2.84. The number of hydrogen-bond donors (Lipinski definition) is 1. The van der Waals surface area contributed by atoms with Crippen LogP contribution in [0.3, 0.4) is 0 Å². The Bertz CT molecular complexity index is 544. The summed E-state index contributed by atoms with van der Waals surface area (Å²) in [6.07, 6.45) is 2.71. The molecule has 1 aliphatic carbocycles. The Hall–Kier alpha value is -1.12. The zero-order valence-corrected chi connectivity index (χ0v) is 11.4. The van der Waals surface area contributed by atoms with Gasteiger partial charge in [0.25, 0.3) is 0 Å². The summed E-state index contributed by atoms with van der Waals surface area (Å²) in [7, 11) is 0. The quantitative estimate of drug-likeness (QED) is 0.876. The van der Waals surface area contributed by atoms with Crippen LogP contribution < -0.4 is 0 Å². The van der Waals surface area contributed by atoms with Crippen molar-refractivity contribution in [2.45, 2.75) is 38.2 Å². The van der Waals surface area contributed by atoms with E-state index in [4.69, 9.17) is 0 Å². The molecule has 1 N–H and O–H groups in total. The van der Waals surface area contributed by atoms with Gasteiger partial charge in [-0.3, -0.25) is 0 Å². The van der Waals surface area contributed by atoms with Gasteiger partial charge in [-0.1, -0.05) is 31.2 Å². The normalized spacial score (nSPS) is 19.1. The number of aryl methyl sites for hydroxylation is 1. The van der Waals surface area contributed by atoms with Crippen molar-refractivity contribution in [3.8, 4) is 0 Å². The molecule has 3 rings (SSSR count). The van der Waals surface area contributed by atoms with Crippen LogP contribution in [0.25, 0.3) is 0 Å². The fraction of sp³-hybridized carbons (Fsp3) is 0.375. The first kappa shape index (κ1) is 11.9. The lowest BCUT2D eigenvalue weighted by Gasteiger charge is -2.31. The van der Waals surface area contributed by atoms with Crippen LogP contribution in [0, 0.1) is 0 Å². The summed E-state index contributed by atoms with van der Waals surface area (Å²) in [5, 5.41) is 12.5. The van der Waals surface area contributed by atoms with Crippen molar-refractivity contribution in [2.75, 3.05) is 0 Å². The van der Waals surface area contributed by atoms with Crippen LogP contribution in [0.1, 0.15) is 46.9 Å². The van der Waals surface area contributed by atoms with Gasteiger partial charge in [0.2, 0.25) is 0 Å². The Balaban J connectivity index is 1.72. The minimum absolute atomic E-state index is 0.293. The second-order valence-electron chi connectivity index (χ2n) is 5.02. The van der Waals surface area contributed by atoms with E-state index in [1.807, 2.05) is 0 Å². The smallest absolute Gasteiger partial charge is 0.0890 e. The predicted molar refractivity (Wildman–Crippen MR) is 76.2 cm³/mol. The van der Waals surface area contributed by atoms with Gasteiger partial charge in [0.15, 0.2) is 0 Å². The first-order chi connectivity index (χ1) is 8.79. The summed E-state index contributed by atoms with van der Waals surface area (Å²) < 4.78 is 0. The number of hydrogen-bond acceptors (Lipinski definition) is 2. The Morgan fingerprint density at radius 3 is 2.94 bits per heavy atom. The molecule has 0 radical (unpaired) electrons. The highest BCUT2D eigenvalue weighted by molar-refractivity contribution is 7.10. The number of fused-ring (bicyclic) bond motifs is 1. The molecule has 0 aliphatic heterocycles. The van der Waals surface area contributed by atoms with Crippen molar-refractivity contribution >= 4 is 11.3 Å². The molecular weight excluding hydrogens is 240 g/mol. The monoisotopic (exact) mass is 258 g/mol. The van der Waals surface area contributed by atoms with Crippen molar-refractivity contribution in [3.05, 3.63) is 57.3 Å². The molecule has 2 aromatic rings. The zero-order chi connectivity index (χ0) is 12.5. The van der Waals surface area contributed by atoms with E-state index >= 15 is 0 Å². The minimum Gasteiger partial charge on any atom is -0.388 e. The summed E-state index contributed by atoms with van der Waals surface area (Å²) in [6.45, 7) is 2.15. The maximum Gasteiger partial charge on any atom is 0.0890 e. The van der Waals surface area contributed by atoms with Gasteiger partial charge >= 0.3 is 0 Å². The molecule has 1 aliphatic rings. The fourth-order valence-electron chi connectivity index (χ4n) is 2.88. The molecule has 1 nitrogen and oxygen atoms in total. The second kappa shape index (κ2) is 4.87. The number of thiophene rings is 1. The van der Waals surface area contributed by atoms with E-state index in [1.165, 1.54) is 21.6 Å². The molecule has 2 atom stereocenters. The molecule has 2 unspecified atom stereocenters. The van der Waals surface area contributed by atoms with Crippen molar-refractivity contribution < 1.29 is 5.11 Å². The summed E-state index contributed by atoms with van der Waals surface area (Å²) in [4.78, 5) is 1.17. The Labute approximate surface area is 112 Å². The lowest BCUT2D eigenvalue weighted by molar-refractivity contribution is 0.156. The summed E-state index contributed by atoms with van der Waals surface area (Å²) >= 11 is 1.69. The van der Waals surface area contributed by atoms with Crippen LogP contribution in [0.4, 0.5) is 0 Å². The molecule has 1 aromatic heterocycles. The summed E-state index contributed by atoms with van der Waals surface area (Å²) in [6, 6.07) is 10.7. The highest BCUT2D eigenvalue weighted by Gasteiger charge is 2.28. The molecule has 0 fully saturated rings. The Morgan fingerprint density at radius 1 is 1.33 bits per heavy atom. The Kier molecular flexibility index (Phi) is 3.23. The second-order valence-corrected chi connectivity index (χ2v) is 5.96. The molecule has 18 heavy (non-hydrogen) atoms. The molecule has 0 spiro atoms. The third-order valence-corrected chi connectivity index (χ3v) is 4.99. The lowest BCUT2D eigenvalue weighted by Crippen LogP contribution is -2.19. The van der Waals surface area contributed by atoms with E-state index < -0.39 is 0 Å². The van der Waals surface area contributed by atoms with Crippen LogP contribution >= 0.6 is 11.3 Å². The van der Waals surface area contributed by atoms with E-state index in [2.05, 4.69) is 42.6 Å². The van der Waals surface area contributed by atoms with Crippen LogP contribution in [-0.2, 0) is 12.8 Å².